The summed E-state index contributed by atoms with van der Waals surface area (Å²) in [5, 5.41) is 8.77. The summed E-state index contributed by atoms with van der Waals surface area (Å²) in [4.78, 5) is 13.1. The SMILES string of the molecule is CC[C@H]1CC[C@@H](C)N(C(=O)CO)C1. The fourth-order valence-corrected chi connectivity index (χ4v) is 1.95. The Morgan fingerprint density at radius 2 is 2.23 bits per heavy atom. The Morgan fingerprint density at radius 1 is 1.54 bits per heavy atom. The predicted molar refractivity (Wildman–Crippen MR) is 51.3 cm³/mol. The summed E-state index contributed by atoms with van der Waals surface area (Å²) in [6.45, 7) is 4.69. The number of likely N-dealkylation sites (tertiary alicyclic amines) is 1. The van der Waals surface area contributed by atoms with Gasteiger partial charge in [-0.15, -0.1) is 0 Å². The maximum Gasteiger partial charge on any atom is 0.248 e. The van der Waals surface area contributed by atoms with E-state index < -0.39 is 0 Å². The molecule has 1 fully saturated rings. The molecule has 0 saturated carbocycles. The largest absolute Gasteiger partial charge is 0.387 e. The normalized spacial score (nSPS) is 29.0. The Bertz CT molecular complexity index is 182. The molecule has 1 rings (SSSR count). The van der Waals surface area contributed by atoms with Crippen LogP contribution in [0.2, 0.25) is 0 Å². The van der Waals surface area contributed by atoms with E-state index in [2.05, 4.69) is 13.8 Å². The number of nitrogens with zero attached hydrogens (tertiary/aromatic N) is 1. The molecule has 0 bridgehead atoms. The molecule has 1 aliphatic rings. The molecule has 3 nitrogen and oxygen atoms in total. The minimum Gasteiger partial charge on any atom is -0.387 e. The Kier molecular flexibility index (Phi) is 3.72. The van der Waals surface area contributed by atoms with Crippen molar-refractivity contribution < 1.29 is 9.90 Å². The lowest BCUT2D eigenvalue weighted by Gasteiger charge is -2.37. The van der Waals surface area contributed by atoms with E-state index in [4.69, 9.17) is 5.11 Å². The van der Waals surface area contributed by atoms with E-state index in [1.165, 1.54) is 6.42 Å². The second kappa shape index (κ2) is 4.61. The maximum atomic E-state index is 11.3. The van der Waals surface area contributed by atoms with Crippen LogP contribution in [0.5, 0.6) is 0 Å². The minimum absolute atomic E-state index is 0.120. The number of hydrogen-bond acceptors (Lipinski definition) is 2. The number of hydrogen-bond donors (Lipinski definition) is 1. The van der Waals surface area contributed by atoms with Gasteiger partial charge in [0.1, 0.15) is 6.61 Å². The van der Waals surface area contributed by atoms with E-state index in [-0.39, 0.29) is 12.5 Å². The van der Waals surface area contributed by atoms with E-state index in [9.17, 15) is 4.79 Å². The van der Waals surface area contributed by atoms with Crippen LogP contribution in [0.15, 0.2) is 0 Å². The van der Waals surface area contributed by atoms with E-state index in [0.29, 0.717) is 12.0 Å². The fraction of sp³-hybridized carbons (Fsp3) is 0.900. The number of rotatable bonds is 2. The third-order valence-electron chi connectivity index (χ3n) is 3.01. The lowest BCUT2D eigenvalue weighted by atomic mass is 9.91. The molecular weight excluding hydrogens is 166 g/mol. The van der Waals surface area contributed by atoms with Gasteiger partial charge in [-0.1, -0.05) is 13.3 Å². The molecule has 0 aromatic heterocycles. The monoisotopic (exact) mass is 185 g/mol. The number of carbonyl (C=O) groups is 1. The van der Waals surface area contributed by atoms with Crippen LogP contribution in [-0.2, 0) is 4.79 Å². The number of amides is 1. The molecule has 76 valence electrons. The van der Waals surface area contributed by atoms with Gasteiger partial charge in [0.25, 0.3) is 0 Å². The first-order chi connectivity index (χ1) is 6.19. The molecule has 1 amide bonds. The Morgan fingerprint density at radius 3 is 2.77 bits per heavy atom. The van der Waals surface area contributed by atoms with Crippen molar-refractivity contribution in [3.05, 3.63) is 0 Å². The summed E-state index contributed by atoms with van der Waals surface area (Å²) in [5.74, 6) is 0.511. The molecule has 1 heterocycles. The molecule has 0 aromatic rings. The van der Waals surface area contributed by atoms with Crippen molar-refractivity contribution in [1.29, 1.82) is 0 Å². The van der Waals surface area contributed by atoms with Crippen molar-refractivity contribution in [1.82, 2.24) is 4.90 Å². The Balaban J connectivity index is 2.54. The van der Waals surface area contributed by atoms with Crippen LogP contribution in [0.3, 0.4) is 0 Å². The van der Waals surface area contributed by atoms with Gasteiger partial charge in [-0.3, -0.25) is 4.79 Å². The summed E-state index contributed by atoms with van der Waals surface area (Å²) in [5.41, 5.74) is 0. The number of carbonyl (C=O) groups excluding carboxylic acids is 1. The molecule has 1 aliphatic heterocycles. The molecule has 0 radical (unpaired) electrons. The molecule has 13 heavy (non-hydrogen) atoms. The van der Waals surface area contributed by atoms with Crippen molar-refractivity contribution in [3.63, 3.8) is 0 Å². The third kappa shape index (κ3) is 2.44. The fourth-order valence-electron chi connectivity index (χ4n) is 1.95. The van der Waals surface area contributed by atoms with E-state index in [0.717, 1.165) is 19.4 Å². The van der Waals surface area contributed by atoms with Crippen LogP contribution in [0.4, 0.5) is 0 Å². The quantitative estimate of drug-likeness (QED) is 0.697. The molecule has 0 aliphatic carbocycles. The third-order valence-corrected chi connectivity index (χ3v) is 3.01. The molecular formula is C10H19NO2. The molecule has 3 heteroatoms. The molecule has 0 spiro atoms. The Hall–Kier alpha value is -0.570. The van der Waals surface area contributed by atoms with Crippen LogP contribution >= 0.6 is 0 Å². The lowest BCUT2D eigenvalue weighted by molar-refractivity contribution is -0.138. The lowest BCUT2D eigenvalue weighted by Crippen LogP contribution is -2.46. The summed E-state index contributed by atoms with van der Waals surface area (Å²) in [6, 6.07) is 0.308. The highest BCUT2D eigenvalue weighted by atomic mass is 16.3. The second-order valence-corrected chi connectivity index (χ2v) is 3.90. The van der Waals surface area contributed by atoms with Gasteiger partial charge >= 0.3 is 0 Å². The first-order valence-corrected chi connectivity index (χ1v) is 5.09. The van der Waals surface area contributed by atoms with E-state index in [1.54, 1.807) is 0 Å². The summed E-state index contributed by atoms with van der Waals surface area (Å²) in [7, 11) is 0. The van der Waals surface area contributed by atoms with Crippen LogP contribution in [0.25, 0.3) is 0 Å². The molecule has 0 unspecified atom stereocenters. The van der Waals surface area contributed by atoms with Crippen molar-refractivity contribution in [2.45, 2.75) is 39.2 Å². The second-order valence-electron chi connectivity index (χ2n) is 3.90. The molecule has 0 aromatic carbocycles. The minimum atomic E-state index is -0.346. The van der Waals surface area contributed by atoms with Gasteiger partial charge < -0.3 is 10.0 Å². The highest BCUT2D eigenvalue weighted by molar-refractivity contribution is 5.77. The summed E-state index contributed by atoms with van der Waals surface area (Å²) < 4.78 is 0. The first kappa shape index (κ1) is 10.5. The predicted octanol–water partition coefficient (Wildman–Crippen LogP) is 1.02. The topological polar surface area (TPSA) is 40.5 Å². The standard InChI is InChI=1S/C10H19NO2/c1-3-9-5-4-8(2)11(6-9)10(13)7-12/h8-9,12H,3-7H2,1-2H3/t8-,9+/m1/s1. The van der Waals surface area contributed by atoms with Gasteiger partial charge in [0.05, 0.1) is 0 Å². The van der Waals surface area contributed by atoms with Crippen molar-refractivity contribution in [2.75, 3.05) is 13.2 Å². The first-order valence-electron chi connectivity index (χ1n) is 5.09. The van der Waals surface area contributed by atoms with Gasteiger partial charge in [0.2, 0.25) is 5.91 Å². The summed E-state index contributed by atoms with van der Waals surface area (Å²) >= 11 is 0. The maximum absolute atomic E-state index is 11.3. The zero-order chi connectivity index (χ0) is 9.84. The number of aliphatic hydroxyl groups is 1. The van der Waals surface area contributed by atoms with Gasteiger partial charge in [-0.25, -0.2) is 0 Å². The van der Waals surface area contributed by atoms with Gasteiger partial charge in [-0.05, 0) is 25.7 Å². The van der Waals surface area contributed by atoms with Crippen molar-refractivity contribution in [3.8, 4) is 0 Å². The smallest absolute Gasteiger partial charge is 0.248 e. The van der Waals surface area contributed by atoms with Crippen LogP contribution in [0.1, 0.15) is 33.1 Å². The molecule has 2 atom stereocenters. The zero-order valence-corrected chi connectivity index (χ0v) is 8.49. The van der Waals surface area contributed by atoms with Gasteiger partial charge in [-0.2, -0.15) is 0 Å². The van der Waals surface area contributed by atoms with Crippen LogP contribution < -0.4 is 0 Å². The molecule has 1 N–H and O–H groups in total. The van der Waals surface area contributed by atoms with Crippen molar-refractivity contribution >= 4 is 5.91 Å². The number of aliphatic hydroxyl groups excluding tert-OH is 1. The van der Waals surface area contributed by atoms with Crippen LogP contribution in [-0.4, -0.2) is 35.1 Å². The zero-order valence-electron chi connectivity index (χ0n) is 8.49. The Labute approximate surface area is 79.7 Å². The average Bonchev–Trinajstić information content (AvgIpc) is 2.17. The molecule has 1 saturated heterocycles. The van der Waals surface area contributed by atoms with E-state index in [1.807, 2.05) is 4.90 Å². The number of piperidine rings is 1. The van der Waals surface area contributed by atoms with Gasteiger partial charge in [0, 0.05) is 12.6 Å². The average molecular weight is 185 g/mol. The highest BCUT2D eigenvalue weighted by Gasteiger charge is 2.27. The van der Waals surface area contributed by atoms with E-state index >= 15 is 0 Å². The summed E-state index contributed by atoms with van der Waals surface area (Å²) in [6.07, 6.45) is 3.42. The van der Waals surface area contributed by atoms with Gasteiger partial charge in [0.15, 0.2) is 0 Å². The van der Waals surface area contributed by atoms with Crippen molar-refractivity contribution in [2.24, 2.45) is 5.92 Å². The van der Waals surface area contributed by atoms with Crippen LogP contribution in [0, 0.1) is 5.92 Å². The highest BCUT2D eigenvalue weighted by Crippen LogP contribution is 2.23.